The Morgan fingerprint density at radius 1 is 1.33 bits per heavy atom. The van der Waals surface area contributed by atoms with Crippen molar-refractivity contribution in [2.24, 2.45) is 16.5 Å². The van der Waals surface area contributed by atoms with Crippen molar-refractivity contribution in [3.63, 3.8) is 0 Å². The molecule has 0 saturated heterocycles. The van der Waals surface area contributed by atoms with Gasteiger partial charge in [0.1, 0.15) is 6.04 Å². The zero-order valence-electron chi connectivity index (χ0n) is 11.9. The monoisotopic (exact) mass is 292 g/mol. The van der Waals surface area contributed by atoms with Gasteiger partial charge in [-0.3, -0.25) is 19.9 Å². The van der Waals surface area contributed by atoms with Gasteiger partial charge in [-0.1, -0.05) is 18.2 Å². The average Bonchev–Trinajstić information content (AvgIpc) is 2.51. The van der Waals surface area contributed by atoms with Crippen LogP contribution in [-0.2, 0) is 9.53 Å². The maximum Gasteiger partial charge on any atom is 0.322 e. The van der Waals surface area contributed by atoms with E-state index in [1.807, 2.05) is 6.07 Å². The Bertz CT molecular complexity index is 502. The van der Waals surface area contributed by atoms with Crippen LogP contribution in [0.2, 0.25) is 0 Å². The summed E-state index contributed by atoms with van der Waals surface area (Å²) in [5.74, 6) is -0.733. The SMILES string of the molecule is COC(=O)[C@@H](N)CCCN=C(N)NC(=O)c1ccccc1. The molecule has 0 spiro atoms. The third kappa shape index (κ3) is 6.05. The summed E-state index contributed by atoms with van der Waals surface area (Å²) in [6, 6.07) is 8.03. The van der Waals surface area contributed by atoms with Crippen LogP contribution in [0.3, 0.4) is 0 Å². The normalized spacial score (nSPS) is 12.6. The van der Waals surface area contributed by atoms with E-state index in [1.54, 1.807) is 24.3 Å². The Kier molecular flexibility index (Phi) is 6.90. The van der Waals surface area contributed by atoms with Crippen LogP contribution in [-0.4, -0.2) is 37.5 Å². The molecule has 0 aliphatic carbocycles. The molecule has 0 aliphatic rings. The number of benzene rings is 1. The van der Waals surface area contributed by atoms with Gasteiger partial charge in [0.15, 0.2) is 5.96 Å². The lowest BCUT2D eigenvalue weighted by Crippen LogP contribution is -2.37. The first kappa shape index (κ1) is 16.6. The number of nitrogens with one attached hydrogen (secondary N) is 1. The van der Waals surface area contributed by atoms with Crippen molar-refractivity contribution in [3.8, 4) is 0 Å². The fourth-order valence-electron chi connectivity index (χ4n) is 1.60. The second-order valence-electron chi connectivity index (χ2n) is 4.36. The van der Waals surface area contributed by atoms with E-state index in [2.05, 4.69) is 15.0 Å². The smallest absolute Gasteiger partial charge is 0.322 e. The van der Waals surface area contributed by atoms with E-state index in [4.69, 9.17) is 11.5 Å². The minimum atomic E-state index is -0.662. The first-order valence-corrected chi connectivity index (χ1v) is 6.54. The van der Waals surface area contributed by atoms with Gasteiger partial charge in [-0.2, -0.15) is 0 Å². The maximum absolute atomic E-state index is 11.8. The van der Waals surface area contributed by atoms with Crippen molar-refractivity contribution < 1.29 is 14.3 Å². The number of hydrogen-bond donors (Lipinski definition) is 3. The molecule has 1 rings (SSSR count). The number of amides is 1. The standard InChI is InChI=1S/C14H20N4O3/c1-21-13(20)11(15)8-5-9-17-14(16)18-12(19)10-6-3-2-4-7-10/h2-4,6-7,11H,5,8-9,15H2,1H3,(H3,16,17,18,19)/t11-/m0/s1. The summed E-state index contributed by atoms with van der Waals surface area (Å²) < 4.78 is 4.51. The van der Waals surface area contributed by atoms with E-state index >= 15 is 0 Å². The van der Waals surface area contributed by atoms with E-state index in [-0.39, 0.29) is 11.9 Å². The Labute approximate surface area is 123 Å². The Morgan fingerprint density at radius 3 is 2.62 bits per heavy atom. The van der Waals surface area contributed by atoms with Crippen molar-refractivity contribution in [2.75, 3.05) is 13.7 Å². The number of ether oxygens (including phenoxy) is 1. The van der Waals surface area contributed by atoms with Gasteiger partial charge in [0, 0.05) is 12.1 Å². The highest BCUT2D eigenvalue weighted by atomic mass is 16.5. The molecule has 0 radical (unpaired) electrons. The molecule has 114 valence electrons. The van der Waals surface area contributed by atoms with Crippen molar-refractivity contribution in [2.45, 2.75) is 18.9 Å². The van der Waals surface area contributed by atoms with Gasteiger partial charge < -0.3 is 16.2 Å². The molecule has 5 N–H and O–H groups in total. The van der Waals surface area contributed by atoms with Crippen molar-refractivity contribution in [1.82, 2.24) is 5.32 Å². The van der Waals surface area contributed by atoms with Crippen LogP contribution in [0.15, 0.2) is 35.3 Å². The fraction of sp³-hybridized carbons (Fsp3) is 0.357. The number of esters is 1. The van der Waals surface area contributed by atoms with Crippen LogP contribution < -0.4 is 16.8 Å². The zero-order valence-corrected chi connectivity index (χ0v) is 11.9. The molecule has 0 heterocycles. The van der Waals surface area contributed by atoms with Crippen LogP contribution in [0, 0.1) is 0 Å². The molecule has 7 heteroatoms. The summed E-state index contributed by atoms with van der Waals surface area (Å²) in [4.78, 5) is 26.9. The number of nitrogens with two attached hydrogens (primary N) is 2. The molecule has 1 amide bonds. The van der Waals surface area contributed by atoms with E-state index in [9.17, 15) is 9.59 Å². The minimum Gasteiger partial charge on any atom is -0.468 e. The van der Waals surface area contributed by atoms with E-state index in [1.165, 1.54) is 7.11 Å². The first-order valence-electron chi connectivity index (χ1n) is 6.54. The summed E-state index contributed by atoms with van der Waals surface area (Å²) in [5.41, 5.74) is 11.7. The Balaban J connectivity index is 2.34. The van der Waals surface area contributed by atoms with Crippen LogP contribution in [0.4, 0.5) is 0 Å². The predicted molar refractivity (Wildman–Crippen MR) is 79.6 cm³/mol. The number of hydrogen-bond acceptors (Lipinski definition) is 5. The van der Waals surface area contributed by atoms with Crippen LogP contribution in [0.1, 0.15) is 23.2 Å². The quantitative estimate of drug-likeness (QED) is 0.295. The van der Waals surface area contributed by atoms with Gasteiger partial charge in [0.25, 0.3) is 5.91 Å². The first-order chi connectivity index (χ1) is 10.0. The van der Waals surface area contributed by atoms with Gasteiger partial charge >= 0.3 is 5.97 Å². The molecule has 21 heavy (non-hydrogen) atoms. The second kappa shape index (κ2) is 8.70. The van der Waals surface area contributed by atoms with Crippen LogP contribution in [0.5, 0.6) is 0 Å². The molecular weight excluding hydrogens is 272 g/mol. The van der Waals surface area contributed by atoms with Gasteiger partial charge in [-0.25, -0.2) is 0 Å². The molecule has 0 saturated carbocycles. The Morgan fingerprint density at radius 2 is 2.00 bits per heavy atom. The molecule has 7 nitrogen and oxygen atoms in total. The molecule has 0 aromatic heterocycles. The van der Waals surface area contributed by atoms with Crippen molar-refractivity contribution >= 4 is 17.8 Å². The lowest BCUT2D eigenvalue weighted by Gasteiger charge is -2.08. The summed E-state index contributed by atoms with van der Waals surface area (Å²) in [6.07, 6.45) is 1.01. The third-order valence-corrected chi connectivity index (χ3v) is 2.74. The van der Waals surface area contributed by atoms with Gasteiger partial charge in [0.2, 0.25) is 0 Å². The van der Waals surface area contributed by atoms with E-state index < -0.39 is 12.0 Å². The highest BCUT2D eigenvalue weighted by molar-refractivity contribution is 6.05. The van der Waals surface area contributed by atoms with E-state index in [0.717, 1.165) is 0 Å². The molecule has 1 atom stereocenters. The van der Waals surface area contributed by atoms with Crippen molar-refractivity contribution in [1.29, 1.82) is 0 Å². The lowest BCUT2D eigenvalue weighted by molar-refractivity contribution is -0.142. The topological polar surface area (TPSA) is 120 Å². The number of carbonyl (C=O) groups is 2. The van der Waals surface area contributed by atoms with Crippen LogP contribution in [0.25, 0.3) is 0 Å². The summed E-state index contributed by atoms with van der Waals surface area (Å²) in [5, 5.41) is 2.48. The molecule has 0 unspecified atom stereocenters. The fourth-order valence-corrected chi connectivity index (χ4v) is 1.60. The Hall–Kier alpha value is -2.41. The number of rotatable bonds is 6. The van der Waals surface area contributed by atoms with Gasteiger partial charge in [-0.05, 0) is 25.0 Å². The largest absolute Gasteiger partial charge is 0.468 e. The van der Waals surface area contributed by atoms with Crippen molar-refractivity contribution in [3.05, 3.63) is 35.9 Å². The molecule has 1 aromatic rings. The third-order valence-electron chi connectivity index (χ3n) is 2.74. The summed E-state index contributed by atoms with van der Waals surface area (Å²) in [6.45, 7) is 0.367. The summed E-state index contributed by atoms with van der Waals surface area (Å²) in [7, 11) is 1.29. The molecule has 0 bridgehead atoms. The predicted octanol–water partition coefficient (Wildman–Crippen LogP) is 0.0116. The number of carbonyl (C=O) groups excluding carboxylic acids is 2. The highest BCUT2D eigenvalue weighted by Gasteiger charge is 2.12. The number of guanidine groups is 1. The van der Waals surface area contributed by atoms with Crippen LogP contribution >= 0.6 is 0 Å². The summed E-state index contributed by atoms with van der Waals surface area (Å²) >= 11 is 0. The van der Waals surface area contributed by atoms with E-state index in [0.29, 0.717) is 24.9 Å². The second-order valence-corrected chi connectivity index (χ2v) is 4.36. The maximum atomic E-state index is 11.8. The average molecular weight is 292 g/mol. The zero-order chi connectivity index (χ0) is 15.7. The van der Waals surface area contributed by atoms with Gasteiger partial charge in [0.05, 0.1) is 7.11 Å². The van der Waals surface area contributed by atoms with Gasteiger partial charge in [-0.15, -0.1) is 0 Å². The number of methoxy groups -OCH3 is 1. The molecular formula is C14H20N4O3. The molecule has 0 aliphatic heterocycles. The molecule has 1 aromatic carbocycles. The highest BCUT2D eigenvalue weighted by Crippen LogP contribution is 1.98. The minimum absolute atomic E-state index is 0.0375. The molecule has 0 fully saturated rings. The number of aliphatic imine (C=N–C) groups is 1. The lowest BCUT2D eigenvalue weighted by atomic mass is 10.2. The number of nitrogens with zero attached hydrogens (tertiary/aromatic N) is 1.